The second-order valence-corrected chi connectivity index (χ2v) is 9.53. The monoisotopic (exact) mass is 396 g/mol. The van der Waals surface area contributed by atoms with Crippen molar-refractivity contribution in [3.63, 3.8) is 0 Å². The maximum atomic E-state index is 11.9. The Hall–Kier alpha value is 0.216. The van der Waals surface area contributed by atoms with Crippen LogP contribution in [0.5, 0.6) is 0 Å². The zero-order chi connectivity index (χ0) is 18.7. The Labute approximate surface area is 204 Å². The molecule has 2 fully saturated rings. The van der Waals surface area contributed by atoms with E-state index in [-0.39, 0.29) is 74.4 Å². The summed E-state index contributed by atoms with van der Waals surface area (Å²) >= 11 is 0. The van der Waals surface area contributed by atoms with Crippen molar-refractivity contribution in [2.24, 2.45) is 28.6 Å². The number of carboxylic acids is 1. The number of hydrogen-bond donors (Lipinski definition) is 1. The first-order chi connectivity index (χ1) is 12.2. The molecule has 0 saturated heterocycles. The molecule has 5 heteroatoms. The van der Waals surface area contributed by atoms with Gasteiger partial charge in [0.15, 0.2) is 5.78 Å². The van der Waals surface area contributed by atoms with Crippen molar-refractivity contribution in [1.82, 2.24) is 0 Å². The number of carboxylic acid groups (broad SMARTS) is 1. The average Bonchev–Trinajstić information content (AvgIpc) is 2.86. The van der Waals surface area contributed by atoms with E-state index in [1.54, 1.807) is 0 Å². The first-order valence-corrected chi connectivity index (χ1v) is 10.1. The minimum Gasteiger partial charge on any atom is -0.550 e. The summed E-state index contributed by atoms with van der Waals surface area (Å²) in [5.74, 6) is 0.444. The third-order valence-electron chi connectivity index (χ3n) is 8.58. The molecule has 27 heavy (non-hydrogen) atoms. The predicted molar refractivity (Wildman–Crippen MR) is 95.8 cm³/mol. The summed E-state index contributed by atoms with van der Waals surface area (Å²) in [6, 6.07) is 0. The molecule has 6 atom stereocenters. The second kappa shape index (κ2) is 7.48. The number of carbonyl (C=O) groups excluding carboxylic acids is 2. The Kier molecular flexibility index (Phi) is 6.07. The van der Waals surface area contributed by atoms with Gasteiger partial charge in [0.25, 0.3) is 0 Å². The molecule has 0 aromatic carbocycles. The van der Waals surface area contributed by atoms with Crippen LogP contribution in [0.1, 0.15) is 65.2 Å². The molecule has 4 nitrogen and oxygen atoms in total. The van der Waals surface area contributed by atoms with Gasteiger partial charge in [-0.05, 0) is 85.2 Å². The molecule has 2 saturated carbocycles. The van der Waals surface area contributed by atoms with E-state index in [0.29, 0.717) is 37.0 Å². The predicted octanol–water partition coefficient (Wildman–Crippen LogP) is -0.440. The molecule has 0 heterocycles. The SMILES string of the molecule is C[C@]12CCC(=O)C=C1C=C[C@@H]1[C@@H]2CC[C@@]2(C)[C@H]1CC[C@]2(O)CCC(=O)[O-].[K+]. The van der Waals surface area contributed by atoms with Crippen LogP contribution in [0, 0.1) is 28.6 Å². The number of fused-ring (bicyclic) bond motifs is 5. The number of hydrogen-bond acceptors (Lipinski definition) is 4. The largest absolute Gasteiger partial charge is 1.00 e. The number of allylic oxidation sites excluding steroid dienone is 4. The second-order valence-electron chi connectivity index (χ2n) is 9.53. The van der Waals surface area contributed by atoms with Gasteiger partial charge in [0, 0.05) is 12.4 Å². The van der Waals surface area contributed by atoms with E-state index in [9.17, 15) is 19.8 Å². The van der Waals surface area contributed by atoms with Crippen molar-refractivity contribution in [1.29, 1.82) is 0 Å². The molecule has 4 aliphatic rings. The smallest absolute Gasteiger partial charge is 0.550 e. The summed E-state index contributed by atoms with van der Waals surface area (Å²) < 4.78 is 0. The summed E-state index contributed by atoms with van der Waals surface area (Å²) in [4.78, 5) is 22.8. The van der Waals surface area contributed by atoms with Crippen LogP contribution in [0.3, 0.4) is 0 Å². The summed E-state index contributed by atoms with van der Waals surface area (Å²) in [5.41, 5.74) is 0.0933. The van der Waals surface area contributed by atoms with Gasteiger partial charge in [0.1, 0.15) is 0 Å². The van der Waals surface area contributed by atoms with Crippen molar-refractivity contribution < 1.29 is 71.2 Å². The Morgan fingerprint density at radius 2 is 1.93 bits per heavy atom. The maximum absolute atomic E-state index is 11.9. The van der Waals surface area contributed by atoms with Crippen molar-refractivity contribution in [3.05, 3.63) is 23.8 Å². The number of carbonyl (C=O) groups is 2. The van der Waals surface area contributed by atoms with E-state index >= 15 is 0 Å². The van der Waals surface area contributed by atoms with Gasteiger partial charge in [-0.2, -0.15) is 0 Å². The Balaban J connectivity index is 0.00000210. The molecule has 0 unspecified atom stereocenters. The van der Waals surface area contributed by atoms with Crippen LogP contribution in [0.15, 0.2) is 23.8 Å². The average molecular weight is 397 g/mol. The van der Waals surface area contributed by atoms with E-state index in [1.165, 1.54) is 5.57 Å². The summed E-state index contributed by atoms with van der Waals surface area (Å²) in [5, 5.41) is 22.3. The molecule has 4 aliphatic carbocycles. The topological polar surface area (TPSA) is 77.4 Å². The van der Waals surface area contributed by atoms with Crippen molar-refractivity contribution >= 4 is 11.8 Å². The molecule has 0 aromatic rings. The molecule has 0 radical (unpaired) electrons. The molecule has 0 bridgehead atoms. The Morgan fingerprint density at radius 3 is 2.63 bits per heavy atom. The summed E-state index contributed by atoms with van der Waals surface area (Å²) in [7, 11) is 0. The molecular formula is C22H29KO4. The van der Waals surface area contributed by atoms with E-state index in [2.05, 4.69) is 26.0 Å². The van der Waals surface area contributed by atoms with Crippen LogP contribution >= 0.6 is 0 Å². The normalized spacial score (nSPS) is 45.2. The van der Waals surface area contributed by atoms with Gasteiger partial charge in [-0.3, -0.25) is 4.79 Å². The Morgan fingerprint density at radius 1 is 1.22 bits per heavy atom. The standard InChI is InChI=1S/C22H30O4.K/c1-20-9-5-15(23)13-14(20)3-4-16-17(20)6-10-21(2)18(16)7-11-22(21,26)12-8-19(24)25;/h3-4,13,16-18,26H,5-12H2,1-2H3,(H,24,25);/q;+1/p-1/t16-,17+,18+,20+,21+,22+;/m1./s1. The maximum Gasteiger partial charge on any atom is 1.00 e. The quantitative estimate of drug-likeness (QED) is 0.656. The van der Waals surface area contributed by atoms with Crippen molar-refractivity contribution in [2.45, 2.75) is 70.8 Å². The fourth-order valence-electron chi connectivity index (χ4n) is 6.83. The van der Waals surface area contributed by atoms with Crippen LogP contribution in [0.2, 0.25) is 0 Å². The molecule has 1 N–H and O–H groups in total. The third-order valence-corrected chi connectivity index (χ3v) is 8.58. The van der Waals surface area contributed by atoms with Crippen LogP contribution in [0.25, 0.3) is 0 Å². The fraction of sp³-hybridized carbons (Fsp3) is 0.727. The van der Waals surface area contributed by atoms with E-state index in [1.807, 2.05) is 6.08 Å². The van der Waals surface area contributed by atoms with E-state index < -0.39 is 11.6 Å². The molecule has 0 aliphatic heterocycles. The van der Waals surface area contributed by atoms with Crippen LogP contribution in [-0.4, -0.2) is 22.5 Å². The molecule has 0 amide bonds. The molecular weight excluding hydrogens is 367 g/mol. The first-order valence-electron chi connectivity index (χ1n) is 10.1. The van der Waals surface area contributed by atoms with Gasteiger partial charge >= 0.3 is 51.4 Å². The van der Waals surface area contributed by atoms with Crippen LogP contribution < -0.4 is 56.5 Å². The molecule has 4 rings (SSSR count). The van der Waals surface area contributed by atoms with Gasteiger partial charge in [-0.25, -0.2) is 0 Å². The minimum atomic E-state index is -1.08. The van der Waals surface area contributed by atoms with E-state index in [0.717, 1.165) is 25.7 Å². The number of aliphatic carboxylic acids is 1. The fourth-order valence-corrected chi connectivity index (χ4v) is 6.83. The zero-order valence-electron chi connectivity index (χ0n) is 16.8. The van der Waals surface area contributed by atoms with Crippen LogP contribution in [-0.2, 0) is 9.59 Å². The summed E-state index contributed by atoms with van der Waals surface area (Å²) in [6.07, 6.45) is 11.6. The van der Waals surface area contributed by atoms with Crippen LogP contribution in [0.4, 0.5) is 0 Å². The minimum absolute atomic E-state index is 0. The number of aliphatic hydroxyl groups is 1. The first kappa shape index (κ1) is 21.9. The number of ketones is 1. The summed E-state index contributed by atoms with van der Waals surface area (Å²) in [6.45, 7) is 4.48. The van der Waals surface area contributed by atoms with Gasteiger partial charge in [-0.15, -0.1) is 0 Å². The van der Waals surface area contributed by atoms with Gasteiger partial charge in [0.05, 0.1) is 5.60 Å². The Bertz CT molecular complexity index is 713. The zero-order valence-corrected chi connectivity index (χ0v) is 19.9. The molecule has 0 spiro atoms. The van der Waals surface area contributed by atoms with E-state index in [4.69, 9.17) is 0 Å². The van der Waals surface area contributed by atoms with Crippen molar-refractivity contribution in [2.75, 3.05) is 0 Å². The molecule has 142 valence electrons. The van der Waals surface area contributed by atoms with Gasteiger partial charge < -0.3 is 15.0 Å². The molecule has 0 aromatic heterocycles. The number of rotatable bonds is 3. The van der Waals surface area contributed by atoms with Crippen molar-refractivity contribution in [3.8, 4) is 0 Å². The third kappa shape index (κ3) is 3.30. The van der Waals surface area contributed by atoms with Gasteiger partial charge in [-0.1, -0.05) is 26.0 Å². The van der Waals surface area contributed by atoms with Gasteiger partial charge in [0.2, 0.25) is 0 Å².